The molecule has 126 valence electrons. The summed E-state index contributed by atoms with van der Waals surface area (Å²) in [5, 5.41) is 11.3. The van der Waals surface area contributed by atoms with Crippen molar-refractivity contribution in [1.29, 1.82) is 0 Å². The van der Waals surface area contributed by atoms with Crippen LogP contribution in [0.15, 0.2) is 26.1 Å². The number of sulfone groups is 1. The molecular formula is C16H22N2O3S2. The van der Waals surface area contributed by atoms with Crippen molar-refractivity contribution in [3.63, 3.8) is 0 Å². The Morgan fingerprint density at radius 3 is 2.96 bits per heavy atom. The molecule has 0 amide bonds. The summed E-state index contributed by atoms with van der Waals surface area (Å²) in [5.41, 5.74) is 1.46. The van der Waals surface area contributed by atoms with Crippen molar-refractivity contribution >= 4 is 27.8 Å². The zero-order valence-electron chi connectivity index (χ0n) is 13.2. The molecule has 0 radical (unpaired) electrons. The largest absolute Gasteiger partial charge is 0.411 e. The first-order valence-electron chi connectivity index (χ1n) is 8.32. The molecule has 1 saturated carbocycles. The molecule has 0 aromatic carbocycles. The van der Waals surface area contributed by atoms with Crippen LogP contribution in [-0.4, -0.2) is 42.6 Å². The second kappa shape index (κ2) is 5.55. The van der Waals surface area contributed by atoms with Crippen LogP contribution in [-0.2, 0) is 9.84 Å². The molecule has 0 aromatic heterocycles. The van der Waals surface area contributed by atoms with Crippen LogP contribution in [0.5, 0.6) is 0 Å². The van der Waals surface area contributed by atoms with E-state index in [9.17, 15) is 8.42 Å². The fourth-order valence-electron chi connectivity index (χ4n) is 4.58. The van der Waals surface area contributed by atoms with Gasteiger partial charge in [-0.2, -0.15) is 0 Å². The Morgan fingerprint density at radius 1 is 1.48 bits per heavy atom. The van der Waals surface area contributed by atoms with Crippen molar-refractivity contribution in [2.75, 3.05) is 5.75 Å². The van der Waals surface area contributed by atoms with Crippen LogP contribution in [0.4, 0.5) is 0 Å². The summed E-state index contributed by atoms with van der Waals surface area (Å²) in [7, 11) is -3.21. The first-order valence-corrected chi connectivity index (χ1v) is 10.8. The minimum Gasteiger partial charge on any atom is -0.411 e. The summed E-state index contributed by atoms with van der Waals surface area (Å²) in [6.07, 6.45) is 7.55. The van der Waals surface area contributed by atoms with Crippen molar-refractivity contribution in [2.24, 2.45) is 17.0 Å². The third-order valence-corrected chi connectivity index (χ3v) is 9.26. The van der Waals surface area contributed by atoms with Gasteiger partial charge in [-0.25, -0.2) is 8.42 Å². The number of thioether (sulfide) groups is 1. The molecule has 4 bridgehead atoms. The van der Waals surface area contributed by atoms with Gasteiger partial charge in [0.1, 0.15) is 4.24 Å². The van der Waals surface area contributed by atoms with Gasteiger partial charge in [-0.3, -0.25) is 0 Å². The molecule has 5 aliphatic rings. The van der Waals surface area contributed by atoms with Crippen LogP contribution in [0.2, 0.25) is 0 Å². The number of unbranched alkanes of at least 4 members (excludes halogenated alkanes) is 1. The quantitative estimate of drug-likeness (QED) is 0.270. The number of piperidine rings is 2. The zero-order valence-corrected chi connectivity index (χ0v) is 14.8. The number of oxime groups is 1. The van der Waals surface area contributed by atoms with Crippen LogP contribution >= 0.6 is 11.8 Å². The minimum absolute atomic E-state index is 0.120. The van der Waals surface area contributed by atoms with E-state index in [2.05, 4.69) is 17.0 Å². The van der Waals surface area contributed by atoms with Crippen LogP contribution in [0.25, 0.3) is 0 Å². The normalized spacial score (nSPS) is 38.5. The molecule has 4 atom stereocenters. The van der Waals surface area contributed by atoms with E-state index in [-0.39, 0.29) is 5.75 Å². The SMILES string of the molecule is CC1C2CCC3C1N3C2=C1CC=C(S(=O)(=O)CCCC=NO)S1. The van der Waals surface area contributed by atoms with Gasteiger partial charge in [-0.05, 0) is 31.6 Å². The molecular weight excluding hydrogens is 332 g/mol. The van der Waals surface area contributed by atoms with Crippen LogP contribution < -0.4 is 0 Å². The van der Waals surface area contributed by atoms with E-state index in [1.807, 2.05) is 6.08 Å². The third-order valence-electron chi connectivity index (χ3n) is 5.66. The first kappa shape index (κ1) is 15.6. The lowest BCUT2D eigenvalue weighted by Crippen LogP contribution is -2.26. The van der Waals surface area contributed by atoms with Gasteiger partial charge >= 0.3 is 0 Å². The van der Waals surface area contributed by atoms with E-state index in [0.717, 1.165) is 24.4 Å². The number of allylic oxidation sites excluding steroid dienone is 3. The Morgan fingerprint density at radius 2 is 2.30 bits per heavy atom. The monoisotopic (exact) mass is 354 g/mol. The fraction of sp³-hybridized carbons (Fsp3) is 0.688. The summed E-state index contributed by atoms with van der Waals surface area (Å²) >= 11 is 1.48. The molecule has 4 heterocycles. The van der Waals surface area contributed by atoms with Crippen molar-refractivity contribution < 1.29 is 13.6 Å². The van der Waals surface area contributed by atoms with E-state index < -0.39 is 9.84 Å². The van der Waals surface area contributed by atoms with Crippen molar-refractivity contribution in [1.82, 2.24) is 4.90 Å². The van der Waals surface area contributed by atoms with Gasteiger partial charge in [0.25, 0.3) is 0 Å². The molecule has 5 nitrogen and oxygen atoms in total. The van der Waals surface area contributed by atoms with Crippen LogP contribution in [0.3, 0.4) is 0 Å². The first-order chi connectivity index (χ1) is 11.0. The van der Waals surface area contributed by atoms with Gasteiger partial charge in [0.15, 0.2) is 9.84 Å². The fourth-order valence-corrected chi connectivity index (χ4v) is 7.67. The predicted octanol–water partition coefficient (Wildman–Crippen LogP) is 2.94. The summed E-state index contributed by atoms with van der Waals surface area (Å²) in [4.78, 5) is 3.82. The highest BCUT2D eigenvalue weighted by Crippen LogP contribution is 2.62. The molecule has 4 aliphatic heterocycles. The maximum Gasteiger partial charge on any atom is 0.184 e. The van der Waals surface area contributed by atoms with Gasteiger partial charge in [-0.1, -0.05) is 24.8 Å². The van der Waals surface area contributed by atoms with Gasteiger partial charge < -0.3 is 10.1 Å². The zero-order chi connectivity index (χ0) is 16.2. The Bertz CT molecular complexity index is 711. The Kier molecular flexibility index (Phi) is 3.76. The number of nitrogens with zero attached hydrogens (tertiary/aromatic N) is 2. The Hall–Kier alpha value is -0.950. The van der Waals surface area contributed by atoms with Crippen LogP contribution in [0.1, 0.15) is 39.0 Å². The molecule has 5 rings (SSSR count). The van der Waals surface area contributed by atoms with Crippen molar-refractivity contribution in [3.05, 3.63) is 20.9 Å². The van der Waals surface area contributed by atoms with Gasteiger partial charge in [0.05, 0.1) is 11.8 Å². The second-order valence-corrected chi connectivity index (χ2v) is 10.4. The number of hydrogen-bond donors (Lipinski definition) is 1. The smallest absolute Gasteiger partial charge is 0.184 e. The van der Waals surface area contributed by atoms with Crippen molar-refractivity contribution in [2.45, 2.75) is 51.1 Å². The maximum atomic E-state index is 12.4. The summed E-state index contributed by atoms with van der Waals surface area (Å²) in [6, 6.07) is 1.46. The molecule has 23 heavy (non-hydrogen) atoms. The van der Waals surface area contributed by atoms with E-state index in [1.54, 1.807) is 0 Å². The molecule has 7 heteroatoms. The van der Waals surface area contributed by atoms with Gasteiger partial charge in [-0.15, -0.1) is 5.16 Å². The van der Waals surface area contributed by atoms with Crippen molar-refractivity contribution in [3.8, 4) is 0 Å². The van der Waals surface area contributed by atoms with Gasteiger partial charge in [0.2, 0.25) is 0 Å². The lowest BCUT2D eigenvalue weighted by Gasteiger charge is -2.29. The molecule has 0 aromatic rings. The van der Waals surface area contributed by atoms with Crippen LogP contribution in [0, 0.1) is 11.8 Å². The minimum atomic E-state index is -3.21. The highest BCUT2D eigenvalue weighted by atomic mass is 32.3. The predicted molar refractivity (Wildman–Crippen MR) is 91.9 cm³/mol. The van der Waals surface area contributed by atoms with E-state index >= 15 is 0 Å². The molecule has 1 N–H and O–H groups in total. The van der Waals surface area contributed by atoms with E-state index in [1.165, 1.54) is 41.4 Å². The highest BCUT2D eigenvalue weighted by molar-refractivity contribution is 8.21. The number of rotatable bonds is 5. The Balaban J connectivity index is 1.46. The van der Waals surface area contributed by atoms with E-state index in [4.69, 9.17) is 5.21 Å². The average molecular weight is 354 g/mol. The Labute approximate surface area is 141 Å². The molecule has 0 spiro atoms. The standard InChI is InChI=1S/C16H22N2O3S2/c1-10-11-4-5-12-15(10)18(12)16(11)13-6-7-14(22-13)23(20,21)9-3-2-8-17-19/h7-8,10-12,15,19H,2-6,9H2,1H3. The van der Waals surface area contributed by atoms with Gasteiger partial charge in [0, 0.05) is 35.2 Å². The highest BCUT2D eigenvalue weighted by Gasteiger charge is 2.64. The maximum absolute atomic E-state index is 12.4. The van der Waals surface area contributed by atoms with E-state index in [0.29, 0.717) is 23.0 Å². The molecule has 4 unspecified atom stereocenters. The third kappa shape index (κ3) is 2.43. The number of fused-ring (bicyclic) bond motifs is 1. The average Bonchev–Trinajstić information content (AvgIpc) is 2.94. The summed E-state index contributed by atoms with van der Waals surface area (Å²) in [6.45, 7) is 2.35. The number of hydrogen-bond acceptors (Lipinski definition) is 6. The summed E-state index contributed by atoms with van der Waals surface area (Å²) < 4.78 is 25.4. The molecule has 3 saturated heterocycles. The second-order valence-electron chi connectivity index (χ2n) is 6.91. The molecule has 1 aliphatic carbocycles. The topological polar surface area (TPSA) is 69.7 Å². The lowest BCUT2D eigenvalue weighted by molar-refractivity contribution is 0.320. The lowest BCUT2D eigenvalue weighted by atomic mass is 9.79. The molecule has 4 fully saturated rings. The summed E-state index contributed by atoms with van der Waals surface area (Å²) in [5.74, 6) is 1.49.